The van der Waals surface area contributed by atoms with Crippen LogP contribution in [-0.4, -0.2) is 19.6 Å². The quantitative estimate of drug-likeness (QED) is 0.319. The van der Waals surface area contributed by atoms with Crippen molar-refractivity contribution >= 4 is 10.4 Å². The van der Waals surface area contributed by atoms with Crippen molar-refractivity contribution < 1.29 is 21.6 Å². The summed E-state index contributed by atoms with van der Waals surface area (Å²) in [4.78, 5) is 0. The molecular formula is C25H40O5S. The maximum absolute atomic E-state index is 11.2. The van der Waals surface area contributed by atoms with Gasteiger partial charge in [0.05, 0.1) is 19.1 Å². The first-order valence-corrected chi connectivity index (χ1v) is 13.2. The Bertz CT molecular complexity index is 830. The first-order chi connectivity index (χ1) is 14.5. The van der Waals surface area contributed by atoms with Crippen LogP contribution in [0.1, 0.15) is 84.1 Å². The smallest absolute Gasteiger partial charge is 0.397 e. The molecule has 0 amide bonds. The number of fused-ring (bicyclic) bond motifs is 1. The molecule has 1 heterocycles. The standard InChI is InChI=1S/C25H40O5S/c1-19-7-5-10-23-24(19,3)14-11-20(2)25(23,4)15-12-21(18-30-31(26,27)28)8-6-9-22-13-16-29-17-22/h13,16-17,20-21,23H,1,5-12,14-15,18H2,2-4H3,(H,26,27,28). The van der Waals surface area contributed by atoms with Crippen LogP contribution in [0.15, 0.2) is 35.2 Å². The second-order valence-corrected chi connectivity index (χ2v) is 11.6. The number of hydrogen-bond donors (Lipinski definition) is 1. The Morgan fingerprint density at radius 3 is 2.77 bits per heavy atom. The van der Waals surface area contributed by atoms with Crippen molar-refractivity contribution in [1.29, 1.82) is 0 Å². The first kappa shape index (κ1) is 24.5. The molecule has 31 heavy (non-hydrogen) atoms. The average molecular weight is 453 g/mol. The number of hydrogen-bond acceptors (Lipinski definition) is 4. The normalized spacial score (nSPS) is 32.6. The van der Waals surface area contributed by atoms with Crippen LogP contribution in [0.5, 0.6) is 0 Å². The molecule has 2 aliphatic carbocycles. The molecule has 5 atom stereocenters. The highest BCUT2D eigenvalue weighted by Crippen LogP contribution is 2.62. The van der Waals surface area contributed by atoms with E-state index in [9.17, 15) is 8.42 Å². The molecule has 1 aromatic heterocycles. The molecule has 0 aromatic carbocycles. The molecule has 2 saturated carbocycles. The van der Waals surface area contributed by atoms with Gasteiger partial charge in [0, 0.05) is 0 Å². The van der Waals surface area contributed by atoms with Crippen LogP contribution in [0.3, 0.4) is 0 Å². The lowest BCUT2D eigenvalue weighted by molar-refractivity contribution is -0.0587. The summed E-state index contributed by atoms with van der Waals surface area (Å²) in [5.74, 6) is 1.35. The number of aryl methyl sites for hydroxylation is 1. The minimum absolute atomic E-state index is 0.0450. The summed E-state index contributed by atoms with van der Waals surface area (Å²) in [6.07, 6.45) is 14.1. The second kappa shape index (κ2) is 9.80. The second-order valence-electron chi connectivity index (χ2n) is 10.6. The van der Waals surface area contributed by atoms with Crippen LogP contribution in [0, 0.1) is 28.6 Å². The SMILES string of the molecule is C=C1CCCC2C1(C)CCC(C)C2(C)CCC(CCCc1ccoc1)COS(=O)(=O)O. The van der Waals surface area contributed by atoms with Crippen LogP contribution in [0.2, 0.25) is 0 Å². The Morgan fingerprint density at radius 1 is 1.32 bits per heavy atom. The van der Waals surface area contributed by atoms with Crippen LogP contribution >= 0.6 is 0 Å². The van der Waals surface area contributed by atoms with Crippen molar-refractivity contribution in [1.82, 2.24) is 0 Å². The number of furan rings is 1. The summed E-state index contributed by atoms with van der Waals surface area (Å²) >= 11 is 0. The summed E-state index contributed by atoms with van der Waals surface area (Å²) in [5, 5.41) is 0. The van der Waals surface area contributed by atoms with Crippen LogP contribution in [-0.2, 0) is 21.0 Å². The summed E-state index contributed by atoms with van der Waals surface area (Å²) in [7, 11) is -4.42. The van der Waals surface area contributed by atoms with Crippen molar-refractivity contribution in [3.05, 3.63) is 36.3 Å². The summed E-state index contributed by atoms with van der Waals surface area (Å²) in [5.41, 5.74) is 3.01. The van der Waals surface area contributed by atoms with Crippen molar-refractivity contribution in [2.45, 2.75) is 85.0 Å². The fourth-order valence-corrected chi connectivity index (χ4v) is 6.79. The van der Waals surface area contributed by atoms with Crippen LogP contribution in [0.4, 0.5) is 0 Å². The Morgan fingerprint density at radius 2 is 2.10 bits per heavy atom. The fraction of sp³-hybridized carbons (Fsp3) is 0.760. The van der Waals surface area contributed by atoms with E-state index >= 15 is 0 Å². The predicted octanol–water partition coefficient (Wildman–Crippen LogP) is 6.62. The van der Waals surface area contributed by atoms with Gasteiger partial charge in [0.25, 0.3) is 0 Å². The molecule has 0 bridgehead atoms. The maximum atomic E-state index is 11.2. The molecule has 2 fully saturated rings. The van der Waals surface area contributed by atoms with E-state index < -0.39 is 10.4 Å². The van der Waals surface area contributed by atoms with Crippen molar-refractivity contribution in [2.24, 2.45) is 28.6 Å². The van der Waals surface area contributed by atoms with E-state index in [1.165, 1.54) is 31.3 Å². The lowest BCUT2D eigenvalue weighted by atomic mass is 9.46. The van der Waals surface area contributed by atoms with Crippen molar-refractivity contribution in [2.75, 3.05) is 6.61 Å². The zero-order chi connectivity index (χ0) is 22.7. The van der Waals surface area contributed by atoms with Crippen molar-refractivity contribution in [3.8, 4) is 0 Å². The van der Waals surface area contributed by atoms with Gasteiger partial charge in [0.15, 0.2) is 0 Å². The third-order valence-corrected chi connectivity index (χ3v) is 9.20. The molecule has 3 rings (SSSR count). The summed E-state index contributed by atoms with van der Waals surface area (Å²) < 4.78 is 41.4. The number of rotatable bonds is 10. The molecule has 5 unspecified atom stereocenters. The van der Waals surface area contributed by atoms with Gasteiger partial charge in [-0.1, -0.05) is 32.9 Å². The van der Waals surface area contributed by atoms with Gasteiger partial charge in [-0.25, -0.2) is 4.18 Å². The highest BCUT2D eigenvalue weighted by Gasteiger charge is 2.53. The molecular weight excluding hydrogens is 412 g/mol. The van der Waals surface area contributed by atoms with E-state index in [1.807, 2.05) is 6.07 Å². The molecule has 5 nitrogen and oxygen atoms in total. The zero-order valence-electron chi connectivity index (χ0n) is 19.4. The molecule has 2 aliphatic rings. The summed E-state index contributed by atoms with van der Waals surface area (Å²) in [6.45, 7) is 11.8. The molecule has 0 aliphatic heterocycles. The van der Waals surface area contributed by atoms with E-state index in [2.05, 4.69) is 27.4 Å². The lowest BCUT2D eigenvalue weighted by Gasteiger charge is -2.59. The van der Waals surface area contributed by atoms with Gasteiger partial charge in [-0.15, -0.1) is 0 Å². The Balaban J connectivity index is 1.67. The number of allylic oxidation sites excluding steroid dienone is 1. The maximum Gasteiger partial charge on any atom is 0.397 e. The molecule has 176 valence electrons. The van der Waals surface area contributed by atoms with E-state index in [1.54, 1.807) is 12.5 Å². The van der Waals surface area contributed by atoms with Gasteiger partial charge < -0.3 is 4.42 Å². The van der Waals surface area contributed by atoms with Crippen LogP contribution < -0.4 is 0 Å². The van der Waals surface area contributed by atoms with E-state index in [0.29, 0.717) is 11.8 Å². The zero-order valence-corrected chi connectivity index (χ0v) is 20.3. The topological polar surface area (TPSA) is 76.7 Å². The van der Waals surface area contributed by atoms with Gasteiger partial charge in [0.2, 0.25) is 0 Å². The predicted molar refractivity (Wildman–Crippen MR) is 123 cm³/mol. The molecule has 1 N–H and O–H groups in total. The Labute approximate surface area is 188 Å². The third kappa shape index (κ3) is 5.82. The third-order valence-electron chi connectivity index (χ3n) is 8.77. The highest BCUT2D eigenvalue weighted by atomic mass is 32.3. The molecule has 1 aromatic rings. The van der Waals surface area contributed by atoms with Crippen molar-refractivity contribution in [3.63, 3.8) is 0 Å². The fourth-order valence-electron chi connectivity index (χ4n) is 6.43. The van der Waals surface area contributed by atoms with Gasteiger partial charge in [0.1, 0.15) is 0 Å². The van der Waals surface area contributed by atoms with Gasteiger partial charge in [-0.2, -0.15) is 8.42 Å². The minimum atomic E-state index is -4.42. The highest BCUT2D eigenvalue weighted by molar-refractivity contribution is 7.80. The Kier molecular flexibility index (Phi) is 7.75. The minimum Gasteiger partial charge on any atom is -0.472 e. The van der Waals surface area contributed by atoms with Gasteiger partial charge in [-0.05, 0) is 104 Å². The first-order valence-electron chi connectivity index (χ1n) is 11.9. The largest absolute Gasteiger partial charge is 0.472 e. The molecule has 0 spiro atoms. The summed E-state index contributed by atoms with van der Waals surface area (Å²) in [6, 6.07) is 1.96. The van der Waals surface area contributed by atoms with E-state index in [-0.39, 0.29) is 23.4 Å². The lowest BCUT2D eigenvalue weighted by Crippen LogP contribution is -2.50. The molecule has 0 saturated heterocycles. The van der Waals surface area contributed by atoms with Crippen LogP contribution in [0.25, 0.3) is 0 Å². The molecule has 6 heteroatoms. The average Bonchev–Trinajstić information content (AvgIpc) is 3.21. The molecule has 0 radical (unpaired) electrons. The van der Waals surface area contributed by atoms with Gasteiger partial charge >= 0.3 is 10.4 Å². The van der Waals surface area contributed by atoms with E-state index in [0.717, 1.165) is 44.1 Å². The monoisotopic (exact) mass is 452 g/mol. The van der Waals surface area contributed by atoms with Gasteiger partial charge in [-0.3, -0.25) is 4.55 Å². The van der Waals surface area contributed by atoms with E-state index in [4.69, 9.17) is 13.2 Å². The Hall–Kier alpha value is -1.11.